The summed E-state index contributed by atoms with van der Waals surface area (Å²) in [6, 6.07) is 12.7. The highest BCUT2D eigenvalue weighted by molar-refractivity contribution is 5.74. The Balaban J connectivity index is 1.57. The molecule has 2 aromatic carbocycles. The van der Waals surface area contributed by atoms with Crippen LogP contribution in [0.3, 0.4) is 0 Å². The maximum atomic E-state index is 12.3. The number of urea groups is 1. The minimum atomic E-state index is -0.266. The average Bonchev–Trinajstić information content (AvgIpc) is 3.27. The van der Waals surface area contributed by atoms with E-state index in [0.717, 1.165) is 16.8 Å². The van der Waals surface area contributed by atoms with Gasteiger partial charge in [0.25, 0.3) is 0 Å². The fourth-order valence-electron chi connectivity index (χ4n) is 2.79. The third kappa shape index (κ3) is 4.59. The Morgan fingerprint density at radius 1 is 1.14 bits per heavy atom. The van der Waals surface area contributed by atoms with Gasteiger partial charge in [0, 0.05) is 12.1 Å². The highest BCUT2D eigenvalue weighted by Gasteiger charge is 2.15. The number of rotatable bonds is 7. The minimum Gasteiger partial charge on any atom is -0.497 e. The Kier molecular flexibility index (Phi) is 6.11. The average molecular weight is 381 g/mol. The summed E-state index contributed by atoms with van der Waals surface area (Å²) in [4.78, 5) is 16.2. The van der Waals surface area contributed by atoms with Crippen molar-refractivity contribution in [3.05, 3.63) is 66.2 Å². The molecule has 0 spiro atoms. The molecule has 1 unspecified atom stereocenters. The van der Waals surface area contributed by atoms with Crippen molar-refractivity contribution in [2.75, 3.05) is 14.2 Å². The SMILES string of the molecule is COc1ccc(OC)c(C(C)NC(=O)NCc2ccc(-n3cncn3)cc2)c1. The van der Waals surface area contributed by atoms with Crippen molar-refractivity contribution in [1.82, 2.24) is 25.4 Å². The van der Waals surface area contributed by atoms with E-state index in [9.17, 15) is 4.79 Å². The first-order chi connectivity index (χ1) is 13.6. The monoisotopic (exact) mass is 381 g/mol. The van der Waals surface area contributed by atoms with E-state index < -0.39 is 0 Å². The first kappa shape index (κ1) is 19.2. The highest BCUT2D eigenvalue weighted by Crippen LogP contribution is 2.29. The van der Waals surface area contributed by atoms with E-state index in [1.54, 1.807) is 25.2 Å². The van der Waals surface area contributed by atoms with Gasteiger partial charge in [-0.05, 0) is 42.8 Å². The lowest BCUT2D eigenvalue weighted by Crippen LogP contribution is -2.36. The maximum Gasteiger partial charge on any atom is 0.315 e. The number of hydrogen-bond donors (Lipinski definition) is 2. The summed E-state index contributed by atoms with van der Waals surface area (Å²) in [5, 5.41) is 9.87. The number of hydrogen-bond acceptors (Lipinski definition) is 5. The molecule has 0 bridgehead atoms. The van der Waals surface area contributed by atoms with Gasteiger partial charge < -0.3 is 20.1 Å². The van der Waals surface area contributed by atoms with Crippen LogP contribution in [0, 0.1) is 0 Å². The number of nitrogens with zero attached hydrogens (tertiary/aromatic N) is 3. The molecule has 3 aromatic rings. The molecule has 0 aliphatic carbocycles. The summed E-state index contributed by atoms with van der Waals surface area (Å²) < 4.78 is 12.3. The molecule has 1 atom stereocenters. The van der Waals surface area contributed by atoms with Crippen LogP contribution < -0.4 is 20.1 Å². The standard InChI is InChI=1S/C20H23N5O3/c1-14(18-10-17(27-2)8-9-19(18)28-3)24-20(26)22-11-15-4-6-16(7-5-15)25-13-21-12-23-25/h4-10,12-14H,11H2,1-3H3,(H2,22,24,26). The van der Waals surface area contributed by atoms with Crippen LogP contribution >= 0.6 is 0 Å². The zero-order valence-electron chi connectivity index (χ0n) is 16.0. The Morgan fingerprint density at radius 2 is 1.93 bits per heavy atom. The number of methoxy groups -OCH3 is 2. The first-order valence-corrected chi connectivity index (χ1v) is 8.81. The topological polar surface area (TPSA) is 90.3 Å². The Morgan fingerprint density at radius 3 is 2.57 bits per heavy atom. The second-order valence-electron chi connectivity index (χ2n) is 6.16. The van der Waals surface area contributed by atoms with E-state index in [1.165, 1.54) is 6.33 Å². The molecule has 0 saturated carbocycles. The molecule has 8 nitrogen and oxygen atoms in total. The maximum absolute atomic E-state index is 12.3. The van der Waals surface area contributed by atoms with Gasteiger partial charge in [-0.3, -0.25) is 0 Å². The molecule has 8 heteroatoms. The number of aromatic nitrogens is 3. The second-order valence-corrected chi connectivity index (χ2v) is 6.16. The molecule has 0 saturated heterocycles. The van der Waals surface area contributed by atoms with Gasteiger partial charge in [-0.1, -0.05) is 12.1 Å². The highest BCUT2D eigenvalue weighted by atomic mass is 16.5. The van der Waals surface area contributed by atoms with Crippen molar-refractivity contribution < 1.29 is 14.3 Å². The predicted octanol–water partition coefficient (Wildman–Crippen LogP) is 2.84. The van der Waals surface area contributed by atoms with Gasteiger partial charge in [0.05, 0.1) is 25.9 Å². The molecule has 0 fully saturated rings. The van der Waals surface area contributed by atoms with Gasteiger partial charge in [0.1, 0.15) is 24.2 Å². The van der Waals surface area contributed by atoms with Gasteiger partial charge in [-0.2, -0.15) is 5.10 Å². The van der Waals surface area contributed by atoms with Crippen molar-refractivity contribution in [3.8, 4) is 17.2 Å². The predicted molar refractivity (Wildman–Crippen MR) is 105 cm³/mol. The van der Waals surface area contributed by atoms with Crippen LogP contribution in [0.1, 0.15) is 24.1 Å². The molecule has 2 N–H and O–H groups in total. The molecule has 1 heterocycles. The van der Waals surface area contributed by atoms with E-state index in [4.69, 9.17) is 9.47 Å². The summed E-state index contributed by atoms with van der Waals surface area (Å²) in [6.45, 7) is 2.30. The van der Waals surface area contributed by atoms with Crippen LogP contribution in [0.4, 0.5) is 4.79 Å². The normalized spacial score (nSPS) is 11.5. The lowest BCUT2D eigenvalue weighted by molar-refractivity contribution is 0.237. The molecular weight excluding hydrogens is 358 g/mol. The molecule has 0 aliphatic rings. The lowest BCUT2D eigenvalue weighted by atomic mass is 10.1. The first-order valence-electron chi connectivity index (χ1n) is 8.81. The van der Waals surface area contributed by atoms with Crippen LogP contribution in [-0.4, -0.2) is 35.0 Å². The van der Waals surface area contributed by atoms with E-state index >= 15 is 0 Å². The smallest absolute Gasteiger partial charge is 0.315 e. The lowest BCUT2D eigenvalue weighted by Gasteiger charge is -2.18. The van der Waals surface area contributed by atoms with Gasteiger partial charge in [-0.25, -0.2) is 14.5 Å². The number of ether oxygens (including phenoxy) is 2. The van der Waals surface area contributed by atoms with Crippen LogP contribution in [-0.2, 0) is 6.54 Å². The van der Waals surface area contributed by atoms with Gasteiger partial charge in [0.15, 0.2) is 0 Å². The molecule has 0 aliphatic heterocycles. The van der Waals surface area contributed by atoms with Crippen molar-refractivity contribution in [2.45, 2.75) is 19.5 Å². The number of amides is 2. The van der Waals surface area contributed by atoms with Crippen LogP contribution in [0.15, 0.2) is 55.1 Å². The van der Waals surface area contributed by atoms with E-state index in [1.807, 2.05) is 49.4 Å². The Hall–Kier alpha value is -3.55. The number of carbonyl (C=O) groups excluding carboxylic acids is 1. The van der Waals surface area contributed by atoms with Crippen LogP contribution in [0.5, 0.6) is 11.5 Å². The molecular formula is C20H23N5O3. The van der Waals surface area contributed by atoms with Gasteiger partial charge in [-0.15, -0.1) is 0 Å². The number of nitrogens with one attached hydrogen (secondary N) is 2. The third-order valence-electron chi connectivity index (χ3n) is 4.32. The second kappa shape index (κ2) is 8.90. The van der Waals surface area contributed by atoms with Crippen LogP contribution in [0.25, 0.3) is 5.69 Å². The summed E-state index contributed by atoms with van der Waals surface area (Å²) in [6.07, 6.45) is 3.12. The van der Waals surface area contributed by atoms with Crippen LogP contribution in [0.2, 0.25) is 0 Å². The summed E-state index contributed by atoms with van der Waals surface area (Å²) >= 11 is 0. The quantitative estimate of drug-likeness (QED) is 0.657. The molecule has 28 heavy (non-hydrogen) atoms. The van der Waals surface area contributed by atoms with E-state index in [0.29, 0.717) is 18.0 Å². The summed E-state index contributed by atoms with van der Waals surface area (Å²) in [7, 11) is 3.20. The van der Waals surface area contributed by atoms with Crippen molar-refractivity contribution in [1.29, 1.82) is 0 Å². The zero-order valence-corrected chi connectivity index (χ0v) is 16.0. The Labute approximate surface area is 163 Å². The minimum absolute atomic E-state index is 0.250. The molecule has 2 amide bonds. The summed E-state index contributed by atoms with van der Waals surface area (Å²) in [5.41, 5.74) is 2.73. The van der Waals surface area contributed by atoms with Gasteiger partial charge in [0.2, 0.25) is 0 Å². The largest absolute Gasteiger partial charge is 0.497 e. The van der Waals surface area contributed by atoms with E-state index in [-0.39, 0.29) is 12.1 Å². The summed E-state index contributed by atoms with van der Waals surface area (Å²) in [5.74, 6) is 1.40. The Bertz CT molecular complexity index is 910. The third-order valence-corrected chi connectivity index (χ3v) is 4.32. The molecule has 1 aromatic heterocycles. The fourth-order valence-corrected chi connectivity index (χ4v) is 2.79. The van der Waals surface area contributed by atoms with Gasteiger partial charge >= 0.3 is 6.03 Å². The molecule has 0 radical (unpaired) electrons. The number of carbonyl (C=O) groups is 1. The van der Waals surface area contributed by atoms with E-state index in [2.05, 4.69) is 20.7 Å². The van der Waals surface area contributed by atoms with Crippen molar-refractivity contribution >= 4 is 6.03 Å². The van der Waals surface area contributed by atoms with Crippen molar-refractivity contribution in [2.24, 2.45) is 0 Å². The molecule has 146 valence electrons. The number of benzene rings is 2. The molecule has 3 rings (SSSR count). The fraction of sp³-hybridized carbons (Fsp3) is 0.250. The van der Waals surface area contributed by atoms with Crippen molar-refractivity contribution in [3.63, 3.8) is 0 Å². The zero-order chi connectivity index (χ0) is 19.9.